The Balaban J connectivity index is 1.72. The number of hydrogen-bond acceptors (Lipinski definition) is 6. The topological polar surface area (TPSA) is 116 Å². The fourth-order valence-corrected chi connectivity index (χ4v) is 2.43. The summed E-state index contributed by atoms with van der Waals surface area (Å²) in [6.07, 6.45) is -0.234. The highest BCUT2D eigenvalue weighted by Gasteiger charge is 2.15. The summed E-state index contributed by atoms with van der Waals surface area (Å²) in [5.74, 6) is -0.730. The second-order valence-corrected chi connectivity index (χ2v) is 6.16. The van der Waals surface area contributed by atoms with Crippen molar-refractivity contribution in [2.24, 2.45) is 5.73 Å². The molecule has 0 saturated carbocycles. The van der Waals surface area contributed by atoms with Crippen LogP contribution in [0.4, 0.5) is 4.39 Å². The van der Waals surface area contributed by atoms with Gasteiger partial charge in [-0.3, -0.25) is 4.79 Å². The standard InChI is InChI=1S/C17H15ClFN5O3/c18-10-1-3-12(4-2-10)27-13-5-6-14(15(19)8-13)17-21-23-24(22-17)9-11(20)7-16(25)26/h1-6,8,11H,7,9,20H2,(H,25,26)/t11-/m0/s1. The Morgan fingerprint density at radius 1 is 1.26 bits per heavy atom. The van der Waals surface area contributed by atoms with Crippen molar-refractivity contribution in [3.8, 4) is 22.9 Å². The fraction of sp³-hybridized carbons (Fsp3) is 0.176. The summed E-state index contributed by atoms with van der Waals surface area (Å²) in [6.45, 7) is 0.0542. The van der Waals surface area contributed by atoms with Gasteiger partial charge in [0.25, 0.3) is 0 Å². The summed E-state index contributed by atoms with van der Waals surface area (Å²) in [5.41, 5.74) is 5.81. The van der Waals surface area contributed by atoms with Crippen LogP contribution in [0.25, 0.3) is 11.4 Å². The lowest BCUT2D eigenvalue weighted by Gasteiger charge is -2.07. The second-order valence-electron chi connectivity index (χ2n) is 5.72. The highest BCUT2D eigenvalue weighted by molar-refractivity contribution is 6.30. The summed E-state index contributed by atoms with van der Waals surface area (Å²) in [7, 11) is 0. The highest BCUT2D eigenvalue weighted by atomic mass is 35.5. The molecule has 0 unspecified atom stereocenters. The van der Waals surface area contributed by atoms with Crippen molar-refractivity contribution >= 4 is 17.6 Å². The van der Waals surface area contributed by atoms with Crippen LogP contribution in [0.2, 0.25) is 5.02 Å². The van der Waals surface area contributed by atoms with Gasteiger partial charge in [-0.15, -0.1) is 10.2 Å². The van der Waals surface area contributed by atoms with E-state index >= 15 is 0 Å². The molecule has 1 atom stereocenters. The van der Waals surface area contributed by atoms with E-state index in [0.29, 0.717) is 16.5 Å². The Bertz CT molecular complexity index is 948. The van der Waals surface area contributed by atoms with Crippen LogP contribution in [0.15, 0.2) is 42.5 Å². The molecule has 0 spiro atoms. The lowest BCUT2D eigenvalue weighted by atomic mass is 10.2. The molecule has 0 radical (unpaired) electrons. The molecule has 0 aliphatic heterocycles. The number of carboxylic acids is 1. The molecule has 0 fully saturated rings. The first-order valence-corrected chi connectivity index (χ1v) is 8.27. The molecule has 0 amide bonds. The van der Waals surface area contributed by atoms with Gasteiger partial charge in [-0.25, -0.2) is 4.39 Å². The predicted molar refractivity (Wildman–Crippen MR) is 95.0 cm³/mol. The molecule has 0 bridgehead atoms. The summed E-state index contributed by atoms with van der Waals surface area (Å²) >= 11 is 5.81. The number of halogens is 2. The van der Waals surface area contributed by atoms with E-state index in [2.05, 4.69) is 15.4 Å². The maximum absolute atomic E-state index is 14.4. The van der Waals surface area contributed by atoms with Crippen molar-refractivity contribution in [3.63, 3.8) is 0 Å². The number of carboxylic acid groups (broad SMARTS) is 1. The van der Waals surface area contributed by atoms with E-state index in [1.807, 2.05) is 0 Å². The first-order valence-electron chi connectivity index (χ1n) is 7.89. The van der Waals surface area contributed by atoms with Gasteiger partial charge in [0, 0.05) is 17.1 Å². The minimum absolute atomic E-state index is 0.0542. The number of rotatable bonds is 7. The summed E-state index contributed by atoms with van der Waals surface area (Å²) in [4.78, 5) is 11.8. The fourth-order valence-electron chi connectivity index (χ4n) is 2.31. The number of tetrazole rings is 1. The van der Waals surface area contributed by atoms with E-state index in [0.717, 1.165) is 4.80 Å². The third-order valence-corrected chi connectivity index (χ3v) is 3.77. The minimum atomic E-state index is -1.02. The van der Waals surface area contributed by atoms with Gasteiger partial charge < -0.3 is 15.6 Å². The van der Waals surface area contributed by atoms with Crippen molar-refractivity contribution in [2.75, 3.05) is 0 Å². The molecule has 27 heavy (non-hydrogen) atoms. The SMILES string of the molecule is N[C@@H](CC(=O)O)Cn1nnc(-c2ccc(Oc3ccc(Cl)cc3)cc2F)n1. The Morgan fingerprint density at radius 2 is 1.96 bits per heavy atom. The molecule has 0 saturated heterocycles. The summed E-state index contributed by atoms with van der Waals surface area (Å²) in [5, 5.41) is 20.9. The van der Waals surface area contributed by atoms with Crippen LogP contribution >= 0.6 is 11.6 Å². The molecule has 1 aromatic heterocycles. The molecular weight excluding hydrogens is 377 g/mol. The summed E-state index contributed by atoms with van der Waals surface area (Å²) in [6, 6.07) is 10.2. The van der Waals surface area contributed by atoms with E-state index in [4.69, 9.17) is 27.2 Å². The maximum atomic E-state index is 14.4. The van der Waals surface area contributed by atoms with Gasteiger partial charge >= 0.3 is 5.97 Å². The first kappa shape index (κ1) is 18.7. The van der Waals surface area contributed by atoms with Gasteiger partial charge in [0.1, 0.15) is 17.3 Å². The van der Waals surface area contributed by atoms with E-state index in [9.17, 15) is 9.18 Å². The lowest BCUT2D eigenvalue weighted by Crippen LogP contribution is -2.30. The van der Waals surface area contributed by atoms with Crippen LogP contribution < -0.4 is 10.5 Å². The van der Waals surface area contributed by atoms with Gasteiger partial charge in [0.05, 0.1) is 18.5 Å². The van der Waals surface area contributed by atoms with Gasteiger partial charge in [-0.05, 0) is 41.6 Å². The monoisotopic (exact) mass is 391 g/mol. The van der Waals surface area contributed by atoms with Crippen molar-refractivity contribution in [3.05, 3.63) is 53.3 Å². The molecule has 0 aliphatic carbocycles. The number of aliphatic carboxylic acids is 1. The van der Waals surface area contributed by atoms with Gasteiger partial charge in [-0.1, -0.05) is 11.6 Å². The smallest absolute Gasteiger partial charge is 0.304 e. The molecule has 8 nitrogen and oxygen atoms in total. The number of ether oxygens (including phenoxy) is 1. The van der Waals surface area contributed by atoms with Gasteiger partial charge in [0.2, 0.25) is 5.82 Å². The molecule has 1 heterocycles. The van der Waals surface area contributed by atoms with Crippen LogP contribution in [0, 0.1) is 5.82 Å². The number of nitrogens with zero attached hydrogens (tertiary/aromatic N) is 4. The number of benzene rings is 2. The normalized spacial score (nSPS) is 12.0. The van der Waals surface area contributed by atoms with E-state index in [-0.39, 0.29) is 24.4 Å². The van der Waals surface area contributed by atoms with Crippen molar-refractivity contribution < 1.29 is 19.0 Å². The predicted octanol–water partition coefficient (Wildman–Crippen LogP) is 2.73. The van der Waals surface area contributed by atoms with E-state index in [1.54, 1.807) is 30.3 Å². The number of carbonyl (C=O) groups is 1. The Labute approximate surface area is 158 Å². The quantitative estimate of drug-likeness (QED) is 0.636. The average molecular weight is 392 g/mol. The van der Waals surface area contributed by atoms with E-state index in [1.165, 1.54) is 12.1 Å². The van der Waals surface area contributed by atoms with Crippen LogP contribution in [0.1, 0.15) is 6.42 Å². The van der Waals surface area contributed by atoms with Gasteiger partial charge in [-0.2, -0.15) is 4.80 Å². The summed E-state index contributed by atoms with van der Waals surface area (Å²) < 4.78 is 20.0. The molecule has 2 aromatic carbocycles. The third-order valence-electron chi connectivity index (χ3n) is 3.52. The van der Waals surface area contributed by atoms with Crippen LogP contribution in [0.3, 0.4) is 0 Å². The molecule has 3 rings (SSSR count). The zero-order valence-electron chi connectivity index (χ0n) is 13.9. The minimum Gasteiger partial charge on any atom is -0.481 e. The van der Waals surface area contributed by atoms with Crippen LogP contribution in [-0.4, -0.2) is 37.3 Å². The highest BCUT2D eigenvalue weighted by Crippen LogP contribution is 2.27. The maximum Gasteiger partial charge on any atom is 0.304 e. The molecule has 0 aliphatic rings. The van der Waals surface area contributed by atoms with Gasteiger partial charge in [0.15, 0.2) is 0 Å². The van der Waals surface area contributed by atoms with Crippen molar-refractivity contribution in [2.45, 2.75) is 19.0 Å². The third kappa shape index (κ3) is 4.99. The molecule has 140 valence electrons. The van der Waals surface area contributed by atoms with Crippen LogP contribution in [0.5, 0.6) is 11.5 Å². The average Bonchev–Trinajstić information content (AvgIpc) is 3.04. The number of hydrogen-bond donors (Lipinski definition) is 2. The van der Waals surface area contributed by atoms with Crippen molar-refractivity contribution in [1.29, 1.82) is 0 Å². The van der Waals surface area contributed by atoms with Crippen molar-refractivity contribution in [1.82, 2.24) is 20.2 Å². The zero-order chi connectivity index (χ0) is 19.4. The lowest BCUT2D eigenvalue weighted by molar-refractivity contribution is -0.137. The molecular formula is C17H15ClFN5O3. The Hall–Kier alpha value is -3.04. The van der Waals surface area contributed by atoms with E-state index < -0.39 is 17.8 Å². The second kappa shape index (κ2) is 8.11. The first-order chi connectivity index (χ1) is 12.9. The Morgan fingerprint density at radius 3 is 2.63 bits per heavy atom. The number of aromatic nitrogens is 4. The number of nitrogens with two attached hydrogens (primary N) is 1. The largest absolute Gasteiger partial charge is 0.481 e. The van der Waals surface area contributed by atoms with Crippen LogP contribution in [-0.2, 0) is 11.3 Å². The molecule has 3 N–H and O–H groups in total. The molecule has 10 heteroatoms. The molecule has 3 aromatic rings. The Kier molecular flexibility index (Phi) is 5.63. The zero-order valence-corrected chi connectivity index (χ0v) is 14.7.